The van der Waals surface area contributed by atoms with Gasteiger partial charge in [-0.2, -0.15) is 0 Å². The zero-order valence-corrected chi connectivity index (χ0v) is 14.1. The zero-order valence-electron chi connectivity index (χ0n) is 13.3. The van der Waals surface area contributed by atoms with Crippen LogP contribution in [0.15, 0.2) is 30.3 Å². The summed E-state index contributed by atoms with van der Waals surface area (Å²) in [5.41, 5.74) is 0.718. The normalized spacial score (nSPS) is 14.5. The van der Waals surface area contributed by atoms with Crippen molar-refractivity contribution in [3.05, 3.63) is 40.3 Å². The Kier molecular flexibility index (Phi) is 5.53. The number of hydrogen-bond donors (Lipinski definition) is 2. The second-order valence-electron chi connectivity index (χ2n) is 5.87. The molecule has 6 nitrogen and oxygen atoms in total. The number of anilines is 1. The highest BCUT2D eigenvalue weighted by atomic mass is 32.1. The van der Waals surface area contributed by atoms with E-state index in [2.05, 4.69) is 20.8 Å². The molecule has 3 rings (SSSR count). The molecule has 2 amide bonds. The summed E-state index contributed by atoms with van der Waals surface area (Å²) >= 11 is 1.23. The summed E-state index contributed by atoms with van der Waals surface area (Å²) in [6.45, 7) is 0. The van der Waals surface area contributed by atoms with Gasteiger partial charge in [-0.25, -0.2) is 0 Å². The number of amides is 2. The van der Waals surface area contributed by atoms with E-state index in [1.165, 1.54) is 24.2 Å². The lowest BCUT2D eigenvalue weighted by molar-refractivity contribution is -0.121. The molecule has 0 aliphatic heterocycles. The fourth-order valence-corrected chi connectivity index (χ4v) is 3.48. The number of para-hydroxylation sites is 1. The SMILES string of the molecule is O=C(CCc1nnc(C(=O)Nc2ccccc2)s1)NC1CCCC1. The van der Waals surface area contributed by atoms with Gasteiger partial charge in [0.15, 0.2) is 0 Å². The van der Waals surface area contributed by atoms with Crippen LogP contribution in [0.5, 0.6) is 0 Å². The Hall–Kier alpha value is -2.28. The van der Waals surface area contributed by atoms with E-state index >= 15 is 0 Å². The minimum atomic E-state index is -0.277. The van der Waals surface area contributed by atoms with E-state index in [0.717, 1.165) is 18.5 Å². The molecule has 2 N–H and O–H groups in total. The molecule has 0 bridgehead atoms. The van der Waals surface area contributed by atoms with E-state index in [1.807, 2.05) is 30.3 Å². The molecule has 24 heavy (non-hydrogen) atoms. The fraction of sp³-hybridized carbons (Fsp3) is 0.412. The largest absolute Gasteiger partial charge is 0.353 e. The number of aryl methyl sites for hydroxylation is 1. The van der Waals surface area contributed by atoms with Gasteiger partial charge in [-0.1, -0.05) is 42.4 Å². The molecular formula is C17H20N4O2S. The molecule has 0 radical (unpaired) electrons. The van der Waals surface area contributed by atoms with Crippen molar-refractivity contribution in [3.63, 3.8) is 0 Å². The molecule has 0 unspecified atom stereocenters. The summed E-state index contributed by atoms with van der Waals surface area (Å²) < 4.78 is 0. The highest BCUT2D eigenvalue weighted by Gasteiger charge is 2.18. The van der Waals surface area contributed by atoms with Crippen molar-refractivity contribution in [2.24, 2.45) is 0 Å². The molecule has 1 aliphatic rings. The quantitative estimate of drug-likeness (QED) is 0.844. The van der Waals surface area contributed by atoms with Crippen molar-refractivity contribution in [2.75, 3.05) is 5.32 Å². The van der Waals surface area contributed by atoms with Crippen LogP contribution in [-0.2, 0) is 11.2 Å². The Morgan fingerprint density at radius 2 is 1.88 bits per heavy atom. The molecule has 1 aromatic heterocycles. The van der Waals surface area contributed by atoms with Gasteiger partial charge in [0.2, 0.25) is 10.9 Å². The van der Waals surface area contributed by atoms with Crippen LogP contribution in [0.25, 0.3) is 0 Å². The van der Waals surface area contributed by atoms with Gasteiger partial charge in [-0.05, 0) is 25.0 Å². The van der Waals surface area contributed by atoms with Crippen LogP contribution < -0.4 is 10.6 Å². The van der Waals surface area contributed by atoms with Gasteiger partial charge in [0.05, 0.1) is 0 Å². The maximum atomic E-state index is 12.1. The highest BCUT2D eigenvalue weighted by molar-refractivity contribution is 7.13. The second-order valence-corrected chi connectivity index (χ2v) is 6.93. The third-order valence-corrected chi connectivity index (χ3v) is 4.96. The number of carbonyl (C=O) groups is 2. The highest BCUT2D eigenvalue weighted by Crippen LogP contribution is 2.18. The van der Waals surface area contributed by atoms with Crippen LogP contribution >= 0.6 is 11.3 Å². The van der Waals surface area contributed by atoms with E-state index in [9.17, 15) is 9.59 Å². The number of benzene rings is 1. The Morgan fingerprint density at radius 3 is 2.62 bits per heavy atom. The monoisotopic (exact) mass is 344 g/mol. The molecule has 1 heterocycles. The Balaban J connectivity index is 1.48. The van der Waals surface area contributed by atoms with Crippen molar-refractivity contribution in [1.82, 2.24) is 15.5 Å². The lowest BCUT2D eigenvalue weighted by Crippen LogP contribution is -2.32. The predicted molar refractivity (Wildman–Crippen MR) is 93.0 cm³/mol. The first kappa shape index (κ1) is 16.6. The third kappa shape index (κ3) is 4.61. The first-order valence-electron chi connectivity index (χ1n) is 8.19. The zero-order chi connectivity index (χ0) is 16.8. The summed E-state index contributed by atoms with van der Waals surface area (Å²) in [6, 6.07) is 9.54. The fourth-order valence-electron chi connectivity index (χ4n) is 2.74. The Morgan fingerprint density at radius 1 is 1.12 bits per heavy atom. The molecule has 7 heteroatoms. The van der Waals surface area contributed by atoms with Crippen LogP contribution in [-0.4, -0.2) is 28.1 Å². The topological polar surface area (TPSA) is 84.0 Å². The van der Waals surface area contributed by atoms with Gasteiger partial charge in [0.1, 0.15) is 5.01 Å². The van der Waals surface area contributed by atoms with Gasteiger partial charge < -0.3 is 10.6 Å². The van der Waals surface area contributed by atoms with Gasteiger partial charge in [0.25, 0.3) is 5.91 Å². The summed E-state index contributed by atoms with van der Waals surface area (Å²) in [7, 11) is 0. The van der Waals surface area contributed by atoms with Crippen LogP contribution in [0.4, 0.5) is 5.69 Å². The standard InChI is InChI=1S/C17H20N4O2S/c22-14(18-12-8-4-5-9-12)10-11-15-20-21-17(24-15)16(23)19-13-6-2-1-3-7-13/h1-3,6-7,12H,4-5,8-11H2,(H,18,22)(H,19,23). The van der Waals surface area contributed by atoms with Crippen LogP contribution in [0.1, 0.15) is 46.9 Å². The summed E-state index contributed by atoms with van der Waals surface area (Å²) in [5.74, 6) is -0.229. The minimum Gasteiger partial charge on any atom is -0.353 e. The lowest BCUT2D eigenvalue weighted by atomic mass is 10.2. The average molecular weight is 344 g/mol. The average Bonchev–Trinajstić information content (AvgIpc) is 3.25. The van der Waals surface area contributed by atoms with E-state index in [4.69, 9.17) is 0 Å². The molecule has 0 spiro atoms. The number of aromatic nitrogens is 2. The number of nitrogens with zero attached hydrogens (tertiary/aromatic N) is 2. The van der Waals surface area contributed by atoms with Crippen LogP contribution in [0.2, 0.25) is 0 Å². The van der Waals surface area contributed by atoms with E-state index < -0.39 is 0 Å². The summed E-state index contributed by atoms with van der Waals surface area (Å²) in [6.07, 6.45) is 5.44. The van der Waals surface area contributed by atoms with E-state index in [-0.39, 0.29) is 11.8 Å². The van der Waals surface area contributed by atoms with Crippen molar-refractivity contribution in [3.8, 4) is 0 Å². The smallest absolute Gasteiger partial charge is 0.286 e. The van der Waals surface area contributed by atoms with Crippen LogP contribution in [0.3, 0.4) is 0 Å². The molecule has 0 atom stereocenters. The van der Waals surface area contributed by atoms with Crippen molar-refractivity contribution >= 4 is 28.8 Å². The summed E-state index contributed by atoms with van der Waals surface area (Å²) in [4.78, 5) is 24.0. The van der Waals surface area contributed by atoms with E-state index in [1.54, 1.807) is 0 Å². The molecule has 1 aliphatic carbocycles. The number of rotatable bonds is 6. The maximum Gasteiger partial charge on any atom is 0.286 e. The molecule has 0 saturated heterocycles. The number of nitrogens with one attached hydrogen (secondary N) is 2. The molecule has 2 aromatic rings. The Bertz CT molecular complexity index is 696. The first-order valence-corrected chi connectivity index (χ1v) is 9.00. The first-order chi connectivity index (χ1) is 11.7. The van der Waals surface area contributed by atoms with Gasteiger partial charge >= 0.3 is 0 Å². The Labute approximate surface area is 144 Å². The van der Waals surface area contributed by atoms with Gasteiger partial charge in [-0.3, -0.25) is 9.59 Å². The predicted octanol–water partition coefficient (Wildman–Crippen LogP) is 2.78. The second kappa shape index (κ2) is 8.01. The maximum absolute atomic E-state index is 12.1. The third-order valence-electron chi connectivity index (χ3n) is 3.98. The number of carbonyl (C=O) groups excluding carboxylic acids is 2. The molecule has 1 fully saturated rings. The molecular weight excluding hydrogens is 324 g/mol. The van der Waals surface area contributed by atoms with Crippen molar-refractivity contribution < 1.29 is 9.59 Å². The summed E-state index contributed by atoms with van der Waals surface area (Å²) in [5, 5.41) is 14.8. The molecule has 1 saturated carbocycles. The van der Waals surface area contributed by atoms with Crippen LogP contribution in [0, 0.1) is 0 Å². The molecule has 126 valence electrons. The number of hydrogen-bond acceptors (Lipinski definition) is 5. The minimum absolute atomic E-state index is 0.0485. The van der Waals surface area contributed by atoms with Gasteiger partial charge in [0, 0.05) is 24.6 Å². The lowest BCUT2D eigenvalue weighted by Gasteiger charge is -2.10. The molecule has 1 aromatic carbocycles. The van der Waals surface area contributed by atoms with Crippen molar-refractivity contribution in [2.45, 2.75) is 44.6 Å². The van der Waals surface area contributed by atoms with E-state index in [0.29, 0.717) is 28.9 Å². The van der Waals surface area contributed by atoms with Gasteiger partial charge in [-0.15, -0.1) is 10.2 Å². The van der Waals surface area contributed by atoms with Crippen molar-refractivity contribution in [1.29, 1.82) is 0 Å².